The van der Waals surface area contributed by atoms with Gasteiger partial charge >= 0.3 is 0 Å². The zero-order valence-corrected chi connectivity index (χ0v) is 18.7. The molecule has 164 valence electrons. The molecule has 1 amide bonds. The molecule has 1 saturated carbocycles. The third kappa shape index (κ3) is 4.81. The highest BCUT2D eigenvalue weighted by Gasteiger charge is 2.28. The van der Waals surface area contributed by atoms with E-state index in [-0.39, 0.29) is 16.4 Å². The molecule has 1 aromatic heterocycles. The van der Waals surface area contributed by atoms with Gasteiger partial charge in [0.05, 0.1) is 21.9 Å². The number of pyridine rings is 1. The fourth-order valence-electron chi connectivity index (χ4n) is 4.50. The van der Waals surface area contributed by atoms with Crippen molar-refractivity contribution in [3.05, 3.63) is 65.7 Å². The van der Waals surface area contributed by atoms with E-state index in [0.29, 0.717) is 23.7 Å². The van der Waals surface area contributed by atoms with Crippen LogP contribution >= 0.6 is 0 Å². The Morgan fingerprint density at radius 1 is 1.16 bits per heavy atom. The van der Waals surface area contributed by atoms with Gasteiger partial charge in [0.15, 0.2) is 9.84 Å². The van der Waals surface area contributed by atoms with Crippen molar-refractivity contribution in [2.24, 2.45) is 5.92 Å². The monoisotopic (exact) mass is 447 g/mol. The van der Waals surface area contributed by atoms with Crippen LogP contribution in [0.5, 0.6) is 0 Å². The first kappa shape index (κ1) is 22.0. The van der Waals surface area contributed by atoms with Gasteiger partial charge in [0.2, 0.25) is 5.91 Å². The van der Waals surface area contributed by atoms with Gasteiger partial charge in [0.25, 0.3) is 0 Å². The molecule has 0 spiro atoms. The quantitative estimate of drug-likeness (QED) is 0.584. The molecule has 32 heavy (non-hydrogen) atoms. The first-order chi connectivity index (χ1) is 15.3. The van der Waals surface area contributed by atoms with Gasteiger partial charge in [0.1, 0.15) is 11.9 Å². The van der Waals surface area contributed by atoms with Crippen LogP contribution in [0.25, 0.3) is 10.9 Å². The highest BCUT2D eigenvalue weighted by Crippen LogP contribution is 2.35. The van der Waals surface area contributed by atoms with Crippen LogP contribution in [0.1, 0.15) is 49.1 Å². The molecule has 1 atom stereocenters. The molecule has 1 aliphatic rings. The Balaban J connectivity index is 1.66. The number of aromatic nitrogens is 1. The van der Waals surface area contributed by atoms with E-state index in [0.717, 1.165) is 42.8 Å². The number of hydrogen-bond donors (Lipinski definition) is 1. The summed E-state index contributed by atoms with van der Waals surface area (Å²) in [5.74, 6) is 0.205. The summed E-state index contributed by atoms with van der Waals surface area (Å²) in [5, 5.41) is 13.4. The molecule has 0 aliphatic heterocycles. The van der Waals surface area contributed by atoms with Crippen LogP contribution in [0.3, 0.4) is 0 Å². The molecule has 1 heterocycles. The van der Waals surface area contributed by atoms with Gasteiger partial charge in [-0.15, -0.1) is 0 Å². The van der Waals surface area contributed by atoms with Gasteiger partial charge in [-0.05, 0) is 48.2 Å². The normalized spacial score (nSPS) is 15.4. The molecule has 0 radical (unpaired) electrons. The summed E-state index contributed by atoms with van der Waals surface area (Å²) in [5.41, 5.74) is 1.51. The third-order valence-corrected chi connectivity index (χ3v) is 7.29. The maximum atomic E-state index is 13.4. The molecule has 3 aromatic rings. The van der Waals surface area contributed by atoms with Gasteiger partial charge in [-0.3, -0.25) is 4.79 Å². The Kier molecular flexibility index (Phi) is 6.24. The number of fused-ring (bicyclic) bond motifs is 1. The minimum Gasteiger partial charge on any atom is -0.310 e. The van der Waals surface area contributed by atoms with E-state index in [4.69, 9.17) is 0 Å². The summed E-state index contributed by atoms with van der Waals surface area (Å²) in [6, 6.07) is 18.0. The predicted molar refractivity (Wildman–Crippen MR) is 124 cm³/mol. The molecule has 4 rings (SSSR count). The van der Waals surface area contributed by atoms with Gasteiger partial charge in [-0.1, -0.05) is 49.9 Å². The van der Waals surface area contributed by atoms with E-state index in [1.165, 1.54) is 6.07 Å². The molecule has 1 unspecified atom stereocenters. The summed E-state index contributed by atoms with van der Waals surface area (Å²) in [7, 11) is -3.53. The average Bonchev–Trinajstić information content (AvgIpc) is 3.29. The van der Waals surface area contributed by atoms with Crippen molar-refractivity contribution < 1.29 is 13.2 Å². The van der Waals surface area contributed by atoms with Crippen molar-refractivity contribution in [3.63, 3.8) is 0 Å². The van der Waals surface area contributed by atoms with Gasteiger partial charge < -0.3 is 5.32 Å². The summed E-state index contributed by atoms with van der Waals surface area (Å²) < 4.78 is 24.0. The fraction of sp³-hybridized carbons (Fsp3) is 0.320. The van der Waals surface area contributed by atoms with Crippen molar-refractivity contribution in [3.8, 4) is 6.07 Å². The second kappa shape index (κ2) is 9.09. The number of carbonyl (C=O) groups is 1. The van der Waals surface area contributed by atoms with E-state index >= 15 is 0 Å². The Morgan fingerprint density at radius 3 is 2.62 bits per heavy atom. The van der Waals surface area contributed by atoms with Crippen molar-refractivity contribution >= 4 is 32.5 Å². The zero-order chi connectivity index (χ0) is 22.7. The van der Waals surface area contributed by atoms with Crippen LogP contribution in [0.2, 0.25) is 0 Å². The van der Waals surface area contributed by atoms with Gasteiger partial charge in [-0.2, -0.15) is 5.26 Å². The number of sulfone groups is 1. The molecule has 2 aromatic carbocycles. The Morgan fingerprint density at radius 2 is 1.91 bits per heavy atom. The fourth-order valence-corrected chi connectivity index (χ4v) is 5.32. The van der Waals surface area contributed by atoms with Crippen LogP contribution in [0.4, 0.5) is 5.82 Å². The highest BCUT2D eigenvalue weighted by atomic mass is 32.2. The van der Waals surface area contributed by atoms with Gasteiger partial charge in [0, 0.05) is 11.6 Å². The van der Waals surface area contributed by atoms with Crippen molar-refractivity contribution in [2.75, 3.05) is 11.6 Å². The maximum absolute atomic E-state index is 13.4. The highest BCUT2D eigenvalue weighted by molar-refractivity contribution is 7.90. The van der Waals surface area contributed by atoms with Crippen LogP contribution < -0.4 is 5.32 Å². The molecule has 1 fully saturated rings. The second-order valence-corrected chi connectivity index (χ2v) is 10.4. The minimum absolute atomic E-state index is 0.0139. The molecule has 0 bridgehead atoms. The van der Waals surface area contributed by atoms with E-state index in [1.807, 2.05) is 36.4 Å². The SMILES string of the molecule is CS(=O)(=O)c1ccc(C(CC2CCCC2)C(=O)Nc2ccc3ccccc3n2)cc1C#N. The summed E-state index contributed by atoms with van der Waals surface area (Å²) in [6.45, 7) is 0. The third-order valence-electron chi connectivity index (χ3n) is 6.14. The molecular weight excluding hydrogens is 422 g/mol. The van der Waals surface area contributed by atoms with E-state index < -0.39 is 15.8 Å². The van der Waals surface area contributed by atoms with Gasteiger partial charge in [-0.25, -0.2) is 13.4 Å². The number of hydrogen-bond acceptors (Lipinski definition) is 5. The number of anilines is 1. The lowest BCUT2D eigenvalue weighted by Crippen LogP contribution is -2.24. The second-order valence-electron chi connectivity index (χ2n) is 8.46. The van der Waals surface area contributed by atoms with Crippen LogP contribution in [-0.2, 0) is 14.6 Å². The Labute approximate surface area is 188 Å². The molecule has 1 N–H and O–H groups in total. The molecule has 1 aliphatic carbocycles. The average molecular weight is 448 g/mol. The molecule has 7 heteroatoms. The number of nitrogens with zero attached hydrogens (tertiary/aromatic N) is 2. The number of carbonyl (C=O) groups excluding carboxylic acids is 1. The number of nitrogens with one attached hydrogen (secondary N) is 1. The number of rotatable bonds is 6. The first-order valence-electron chi connectivity index (χ1n) is 10.8. The van der Waals surface area contributed by atoms with Crippen molar-refractivity contribution in [1.82, 2.24) is 4.98 Å². The number of amides is 1. The van der Waals surface area contributed by atoms with Crippen LogP contribution in [0, 0.1) is 17.2 Å². The largest absolute Gasteiger partial charge is 0.310 e. The van der Waals surface area contributed by atoms with Crippen LogP contribution in [-0.4, -0.2) is 25.6 Å². The maximum Gasteiger partial charge on any atom is 0.233 e. The molecular formula is C25H25N3O3S. The first-order valence-corrected chi connectivity index (χ1v) is 12.6. The van der Waals surface area contributed by atoms with Crippen LogP contribution in [0.15, 0.2) is 59.5 Å². The predicted octanol–water partition coefficient (Wildman–Crippen LogP) is 4.81. The number of benzene rings is 2. The van der Waals surface area contributed by atoms with Crippen molar-refractivity contribution in [2.45, 2.75) is 42.9 Å². The van der Waals surface area contributed by atoms with E-state index in [2.05, 4.69) is 10.3 Å². The minimum atomic E-state index is -3.53. The lowest BCUT2D eigenvalue weighted by atomic mass is 9.86. The molecule has 6 nitrogen and oxygen atoms in total. The van der Waals surface area contributed by atoms with Crippen molar-refractivity contribution in [1.29, 1.82) is 5.26 Å². The van der Waals surface area contributed by atoms with E-state index in [1.54, 1.807) is 18.2 Å². The Hall–Kier alpha value is -3.24. The smallest absolute Gasteiger partial charge is 0.233 e. The lowest BCUT2D eigenvalue weighted by molar-refractivity contribution is -0.118. The number of para-hydroxylation sites is 1. The summed E-state index contributed by atoms with van der Waals surface area (Å²) in [4.78, 5) is 17.9. The summed E-state index contributed by atoms with van der Waals surface area (Å²) in [6.07, 6.45) is 6.19. The lowest BCUT2D eigenvalue weighted by Gasteiger charge is -2.21. The molecule has 0 saturated heterocycles. The Bertz CT molecular complexity index is 1310. The topological polar surface area (TPSA) is 99.9 Å². The summed E-state index contributed by atoms with van der Waals surface area (Å²) >= 11 is 0. The van der Waals surface area contributed by atoms with E-state index in [9.17, 15) is 18.5 Å². The number of nitriles is 1. The standard InChI is InChI=1S/C25H25N3O3S/c1-32(30,31)23-12-10-19(15-20(23)16-26)21(14-17-6-2-3-7-17)25(29)28-24-13-11-18-8-4-5-9-22(18)27-24/h4-5,8-13,15,17,21H,2-3,6-7,14H2,1H3,(H,27,28,29). The zero-order valence-electron chi connectivity index (χ0n) is 17.9.